The Bertz CT molecular complexity index is 708. The summed E-state index contributed by atoms with van der Waals surface area (Å²) < 4.78 is 0. The fraction of sp³-hybridized carbons (Fsp3) is 0.375. The molecule has 1 aromatic heterocycles. The van der Waals surface area contributed by atoms with Gasteiger partial charge in [0.15, 0.2) is 0 Å². The number of carboxylic acids is 1. The van der Waals surface area contributed by atoms with Gasteiger partial charge in [0.2, 0.25) is 0 Å². The van der Waals surface area contributed by atoms with Crippen LogP contribution >= 0.6 is 11.3 Å². The maximum atomic E-state index is 10.9. The third kappa shape index (κ3) is 2.00. The number of carboxylic acid groups (broad SMARTS) is 1. The number of aromatic nitrogens is 1. The molecular formula is C16H16N2O2S. The Balaban J connectivity index is 1.70. The van der Waals surface area contributed by atoms with Crippen LogP contribution in [0.4, 0.5) is 0 Å². The number of nitrogens with zero attached hydrogens (tertiary/aromatic N) is 2. The molecule has 4 rings (SSSR count). The molecule has 3 heterocycles. The van der Waals surface area contributed by atoms with Crippen LogP contribution in [-0.2, 0) is 6.42 Å². The van der Waals surface area contributed by atoms with Crippen LogP contribution in [0.3, 0.4) is 0 Å². The second-order valence-corrected chi connectivity index (χ2v) is 6.86. The van der Waals surface area contributed by atoms with Crippen molar-refractivity contribution in [2.24, 2.45) is 0 Å². The first-order chi connectivity index (χ1) is 10.1. The molecule has 0 radical (unpaired) electrons. The average Bonchev–Trinajstić information content (AvgIpc) is 3.00. The molecule has 1 fully saturated rings. The molecule has 2 aliphatic rings. The number of rotatable bonds is 2. The second-order valence-electron chi connectivity index (χ2n) is 5.83. The number of hydrogen-bond acceptors (Lipinski definition) is 4. The normalized spacial score (nSPS) is 24.0. The molecule has 0 spiro atoms. The van der Waals surface area contributed by atoms with E-state index >= 15 is 0 Å². The Labute approximate surface area is 127 Å². The highest BCUT2D eigenvalue weighted by atomic mass is 32.1. The zero-order chi connectivity index (χ0) is 14.6. The molecule has 21 heavy (non-hydrogen) atoms. The summed E-state index contributed by atoms with van der Waals surface area (Å²) in [5.74, 6) is -0.890. The van der Waals surface area contributed by atoms with Gasteiger partial charge in [-0.15, -0.1) is 11.3 Å². The van der Waals surface area contributed by atoms with Crippen molar-refractivity contribution < 1.29 is 9.90 Å². The highest BCUT2D eigenvalue weighted by Gasteiger charge is 2.39. The number of hydrogen-bond donors (Lipinski definition) is 1. The molecule has 108 valence electrons. The van der Waals surface area contributed by atoms with Gasteiger partial charge in [0.1, 0.15) is 5.01 Å². The summed E-state index contributed by atoms with van der Waals surface area (Å²) in [5, 5.41) is 9.97. The fourth-order valence-electron chi connectivity index (χ4n) is 3.45. The van der Waals surface area contributed by atoms with Crippen LogP contribution in [0.5, 0.6) is 0 Å². The summed E-state index contributed by atoms with van der Waals surface area (Å²) in [5.41, 5.74) is 2.58. The van der Waals surface area contributed by atoms with E-state index in [2.05, 4.69) is 11.9 Å². The molecule has 5 heteroatoms. The largest absolute Gasteiger partial charge is 0.478 e. The quantitative estimate of drug-likeness (QED) is 0.925. The number of benzene rings is 1. The van der Waals surface area contributed by atoms with Crippen LogP contribution in [0, 0.1) is 0 Å². The van der Waals surface area contributed by atoms with Crippen molar-refractivity contribution in [2.45, 2.75) is 31.3 Å². The highest BCUT2D eigenvalue weighted by molar-refractivity contribution is 7.15. The smallest absolute Gasteiger partial charge is 0.335 e. The summed E-state index contributed by atoms with van der Waals surface area (Å²) in [6.45, 7) is 0. The SMILES string of the molecule is CN1C2CCC1c1sc(-c3ccc(C(=O)O)cc3)nc1C2. The molecule has 4 nitrogen and oxygen atoms in total. The predicted octanol–water partition coefficient (Wildman–Crippen LogP) is 3.20. The Morgan fingerprint density at radius 1 is 1.33 bits per heavy atom. The van der Waals surface area contributed by atoms with Gasteiger partial charge in [-0.25, -0.2) is 9.78 Å². The van der Waals surface area contributed by atoms with Gasteiger partial charge in [-0.3, -0.25) is 4.90 Å². The van der Waals surface area contributed by atoms with Crippen LogP contribution in [0.2, 0.25) is 0 Å². The molecule has 1 N–H and O–H groups in total. The molecule has 2 aliphatic heterocycles. The van der Waals surface area contributed by atoms with E-state index in [0.717, 1.165) is 17.0 Å². The van der Waals surface area contributed by atoms with Crippen molar-refractivity contribution in [3.63, 3.8) is 0 Å². The average molecular weight is 300 g/mol. The first kappa shape index (κ1) is 13.0. The standard InChI is InChI=1S/C16H16N2O2S/c1-18-11-6-7-13(18)14-12(8-11)17-15(21-14)9-2-4-10(5-3-9)16(19)20/h2-5,11,13H,6-8H2,1H3,(H,19,20). The van der Waals surface area contributed by atoms with E-state index in [0.29, 0.717) is 17.6 Å². The van der Waals surface area contributed by atoms with E-state index < -0.39 is 5.97 Å². The van der Waals surface area contributed by atoms with Crippen molar-refractivity contribution in [2.75, 3.05) is 7.05 Å². The van der Waals surface area contributed by atoms with E-state index in [9.17, 15) is 4.79 Å². The van der Waals surface area contributed by atoms with Gasteiger partial charge in [-0.05, 0) is 32.0 Å². The predicted molar refractivity (Wildman–Crippen MR) is 81.7 cm³/mol. The number of thiazole rings is 1. The molecule has 2 atom stereocenters. The van der Waals surface area contributed by atoms with Gasteiger partial charge >= 0.3 is 5.97 Å². The Hall–Kier alpha value is -1.72. The number of carbonyl (C=O) groups is 1. The van der Waals surface area contributed by atoms with E-state index in [-0.39, 0.29) is 0 Å². The van der Waals surface area contributed by atoms with Crippen molar-refractivity contribution >= 4 is 17.3 Å². The number of fused-ring (bicyclic) bond motifs is 4. The van der Waals surface area contributed by atoms with Gasteiger partial charge in [-0.1, -0.05) is 12.1 Å². The van der Waals surface area contributed by atoms with Crippen molar-refractivity contribution in [1.29, 1.82) is 0 Å². The molecule has 0 amide bonds. The monoisotopic (exact) mass is 300 g/mol. The summed E-state index contributed by atoms with van der Waals surface area (Å²) in [4.78, 5) is 19.6. The molecule has 1 saturated heterocycles. The lowest BCUT2D eigenvalue weighted by atomic mass is 10.1. The Morgan fingerprint density at radius 3 is 2.81 bits per heavy atom. The minimum atomic E-state index is -0.890. The summed E-state index contributed by atoms with van der Waals surface area (Å²) in [6, 6.07) is 8.19. The van der Waals surface area contributed by atoms with Crippen LogP contribution in [-0.4, -0.2) is 34.0 Å². The maximum Gasteiger partial charge on any atom is 0.335 e. The van der Waals surface area contributed by atoms with Crippen LogP contribution in [0.15, 0.2) is 24.3 Å². The molecule has 0 saturated carbocycles. The van der Waals surface area contributed by atoms with Crippen molar-refractivity contribution in [3.8, 4) is 10.6 Å². The second kappa shape index (κ2) is 4.64. The fourth-order valence-corrected chi connectivity index (χ4v) is 4.73. The van der Waals surface area contributed by atoms with E-state index in [1.807, 2.05) is 12.1 Å². The van der Waals surface area contributed by atoms with E-state index in [4.69, 9.17) is 10.1 Å². The third-order valence-corrected chi connectivity index (χ3v) is 5.93. The zero-order valence-corrected chi connectivity index (χ0v) is 12.6. The number of aromatic carboxylic acids is 1. The van der Waals surface area contributed by atoms with Gasteiger partial charge in [0.25, 0.3) is 0 Å². The summed E-state index contributed by atoms with van der Waals surface area (Å²) in [6.07, 6.45) is 3.55. The molecular weight excluding hydrogens is 284 g/mol. The Morgan fingerprint density at radius 2 is 2.10 bits per heavy atom. The van der Waals surface area contributed by atoms with Gasteiger partial charge in [0, 0.05) is 28.9 Å². The first-order valence-electron chi connectivity index (χ1n) is 7.19. The summed E-state index contributed by atoms with van der Waals surface area (Å²) >= 11 is 1.77. The van der Waals surface area contributed by atoms with Crippen molar-refractivity contribution in [3.05, 3.63) is 40.4 Å². The molecule has 2 unspecified atom stereocenters. The topological polar surface area (TPSA) is 53.4 Å². The minimum Gasteiger partial charge on any atom is -0.478 e. The first-order valence-corrected chi connectivity index (χ1v) is 8.00. The lowest BCUT2D eigenvalue weighted by molar-refractivity contribution is 0.0697. The molecule has 2 bridgehead atoms. The molecule has 2 aromatic rings. The van der Waals surface area contributed by atoms with Crippen molar-refractivity contribution in [1.82, 2.24) is 9.88 Å². The van der Waals surface area contributed by atoms with Gasteiger partial charge in [0.05, 0.1) is 11.3 Å². The molecule has 0 aliphatic carbocycles. The number of likely N-dealkylation sites (N-methyl/N-ethyl adjacent to an activating group) is 1. The minimum absolute atomic E-state index is 0.318. The van der Waals surface area contributed by atoms with Crippen LogP contribution < -0.4 is 0 Å². The zero-order valence-electron chi connectivity index (χ0n) is 11.7. The van der Waals surface area contributed by atoms with Crippen LogP contribution in [0.25, 0.3) is 10.6 Å². The lowest BCUT2D eigenvalue weighted by Gasteiger charge is -2.29. The molecule has 1 aromatic carbocycles. The summed E-state index contributed by atoms with van der Waals surface area (Å²) in [7, 11) is 2.21. The van der Waals surface area contributed by atoms with Gasteiger partial charge in [-0.2, -0.15) is 0 Å². The van der Waals surface area contributed by atoms with Crippen LogP contribution in [0.1, 0.15) is 39.8 Å². The Kier molecular flexibility index (Phi) is 2.87. The van der Waals surface area contributed by atoms with E-state index in [1.165, 1.54) is 23.4 Å². The lowest BCUT2D eigenvalue weighted by Crippen LogP contribution is -2.33. The third-order valence-electron chi connectivity index (χ3n) is 4.68. The van der Waals surface area contributed by atoms with E-state index in [1.54, 1.807) is 23.5 Å². The van der Waals surface area contributed by atoms with Gasteiger partial charge < -0.3 is 5.11 Å². The maximum absolute atomic E-state index is 10.9. The highest BCUT2D eigenvalue weighted by Crippen LogP contribution is 2.46.